The Morgan fingerprint density at radius 2 is 1.84 bits per heavy atom. The highest BCUT2D eigenvalue weighted by Crippen LogP contribution is 2.34. The fourth-order valence-electron chi connectivity index (χ4n) is 2.85. The van der Waals surface area contributed by atoms with E-state index in [9.17, 15) is 10.1 Å². The first kappa shape index (κ1) is 23.3. The summed E-state index contributed by atoms with van der Waals surface area (Å²) < 4.78 is 17.2. The summed E-state index contributed by atoms with van der Waals surface area (Å²) in [6.45, 7) is 4.23. The second kappa shape index (κ2) is 11.9. The summed E-state index contributed by atoms with van der Waals surface area (Å²) in [7, 11) is 0. The first-order valence-electron chi connectivity index (χ1n) is 10.1. The van der Waals surface area contributed by atoms with Gasteiger partial charge in [0.1, 0.15) is 13.2 Å². The molecule has 0 aliphatic heterocycles. The van der Waals surface area contributed by atoms with Gasteiger partial charge in [-0.05, 0) is 42.3 Å². The fourth-order valence-corrected chi connectivity index (χ4v) is 3.07. The Morgan fingerprint density at radius 1 is 1.06 bits per heavy atom. The average Bonchev–Trinajstić information content (AvgIpc) is 2.80. The number of nitro benzene ring substituents is 1. The van der Waals surface area contributed by atoms with E-state index in [4.69, 9.17) is 25.8 Å². The molecule has 9 heteroatoms. The monoisotopic (exact) mass is 457 g/mol. The van der Waals surface area contributed by atoms with Crippen LogP contribution in [0, 0.1) is 10.1 Å². The van der Waals surface area contributed by atoms with Gasteiger partial charge in [0.2, 0.25) is 5.88 Å². The summed E-state index contributed by atoms with van der Waals surface area (Å²) >= 11 is 6.46. The van der Waals surface area contributed by atoms with Crippen molar-refractivity contribution in [3.05, 3.63) is 87.1 Å². The first-order chi connectivity index (χ1) is 15.6. The number of nitro groups is 1. The Kier molecular flexibility index (Phi) is 8.65. The van der Waals surface area contributed by atoms with Crippen LogP contribution in [0.1, 0.15) is 18.1 Å². The quantitative estimate of drug-likeness (QED) is 0.237. The molecule has 0 bridgehead atoms. The van der Waals surface area contributed by atoms with E-state index in [-0.39, 0.29) is 12.3 Å². The van der Waals surface area contributed by atoms with Crippen molar-refractivity contribution in [2.75, 3.05) is 19.8 Å². The third kappa shape index (κ3) is 6.83. The lowest BCUT2D eigenvalue weighted by Crippen LogP contribution is -2.21. The number of halogens is 1. The lowest BCUT2D eigenvalue weighted by molar-refractivity contribution is -0.384. The Bertz CT molecular complexity index is 1020. The van der Waals surface area contributed by atoms with Crippen molar-refractivity contribution >= 4 is 17.3 Å². The zero-order valence-electron chi connectivity index (χ0n) is 17.6. The average molecular weight is 458 g/mol. The van der Waals surface area contributed by atoms with Crippen LogP contribution >= 0.6 is 11.6 Å². The Morgan fingerprint density at radius 3 is 2.53 bits per heavy atom. The molecule has 1 heterocycles. The van der Waals surface area contributed by atoms with Gasteiger partial charge in [-0.3, -0.25) is 10.1 Å². The minimum absolute atomic E-state index is 0.0362. The highest BCUT2D eigenvalue weighted by Gasteiger charge is 2.12. The first-order valence-corrected chi connectivity index (χ1v) is 10.5. The van der Waals surface area contributed by atoms with Crippen LogP contribution < -0.4 is 19.5 Å². The van der Waals surface area contributed by atoms with Crippen molar-refractivity contribution in [2.24, 2.45) is 0 Å². The summed E-state index contributed by atoms with van der Waals surface area (Å²) in [6.07, 6.45) is 1.68. The highest BCUT2D eigenvalue weighted by atomic mass is 35.5. The van der Waals surface area contributed by atoms with Gasteiger partial charge in [-0.15, -0.1) is 0 Å². The van der Waals surface area contributed by atoms with E-state index in [1.165, 1.54) is 12.1 Å². The van der Waals surface area contributed by atoms with Crippen LogP contribution in [-0.4, -0.2) is 29.7 Å². The third-order valence-electron chi connectivity index (χ3n) is 4.44. The number of aromatic nitrogens is 1. The van der Waals surface area contributed by atoms with Crippen molar-refractivity contribution in [1.82, 2.24) is 10.3 Å². The van der Waals surface area contributed by atoms with E-state index in [1.807, 2.05) is 25.1 Å². The van der Waals surface area contributed by atoms with Crippen molar-refractivity contribution in [1.29, 1.82) is 0 Å². The maximum absolute atomic E-state index is 10.8. The number of nitrogens with one attached hydrogen (secondary N) is 1. The minimum Gasteiger partial charge on any atom is -0.490 e. The van der Waals surface area contributed by atoms with Gasteiger partial charge in [0, 0.05) is 48.6 Å². The topological polar surface area (TPSA) is 95.8 Å². The van der Waals surface area contributed by atoms with E-state index in [1.54, 1.807) is 30.5 Å². The molecule has 0 spiro atoms. The van der Waals surface area contributed by atoms with E-state index in [0.29, 0.717) is 48.7 Å². The van der Waals surface area contributed by atoms with E-state index in [0.717, 1.165) is 11.1 Å². The maximum atomic E-state index is 10.8. The smallest absolute Gasteiger partial charge is 0.269 e. The fraction of sp³-hybridized carbons (Fsp3) is 0.261. The van der Waals surface area contributed by atoms with Crippen molar-refractivity contribution in [3.63, 3.8) is 0 Å². The molecule has 3 aromatic rings. The third-order valence-corrected chi connectivity index (χ3v) is 4.79. The number of rotatable bonds is 12. The van der Waals surface area contributed by atoms with Crippen molar-refractivity contribution in [3.8, 4) is 17.4 Å². The molecule has 0 unspecified atom stereocenters. The van der Waals surface area contributed by atoms with Crippen LogP contribution in [0.2, 0.25) is 5.02 Å². The second-order valence-electron chi connectivity index (χ2n) is 6.73. The van der Waals surface area contributed by atoms with E-state index in [2.05, 4.69) is 10.3 Å². The number of non-ortho nitro benzene ring substituents is 1. The minimum atomic E-state index is -0.435. The lowest BCUT2D eigenvalue weighted by atomic mass is 10.2. The van der Waals surface area contributed by atoms with Gasteiger partial charge in [-0.2, -0.15) is 0 Å². The second-order valence-corrected chi connectivity index (χ2v) is 7.14. The predicted octanol–water partition coefficient (Wildman–Crippen LogP) is 4.79. The molecule has 1 N–H and O–H groups in total. The van der Waals surface area contributed by atoms with Gasteiger partial charge >= 0.3 is 0 Å². The number of pyridine rings is 1. The van der Waals surface area contributed by atoms with Gasteiger partial charge in [-0.1, -0.05) is 17.7 Å². The normalized spacial score (nSPS) is 10.6. The zero-order chi connectivity index (χ0) is 22.8. The van der Waals surface area contributed by atoms with Crippen LogP contribution in [0.15, 0.2) is 60.8 Å². The van der Waals surface area contributed by atoms with Gasteiger partial charge < -0.3 is 19.5 Å². The predicted molar refractivity (Wildman–Crippen MR) is 121 cm³/mol. The van der Waals surface area contributed by atoms with Crippen LogP contribution in [0.5, 0.6) is 17.4 Å². The largest absolute Gasteiger partial charge is 0.490 e. The molecular weight excluding hydrogens is 434 g/mol. The molecule has 0 saturated carbocycles. The van der Waals surface area contributed by atoms with Gasteiger partial charge in [0.15, 0.2) is 11.5 Å². The molecule has 1 aromatic heterocycles. The van der Waals surface area contributed by atoms with Crippen LogP contribution in [0.4, 0.5) is 5.69 Å². The van der Waals surface area contributed by atoms with Gasteiger partial charge in [0.25, 0.3) is 5.69 Å². The Hall–Kier alpha value is -3.36. The number of hydrogen-bond donors (Lipinski definition) is 1. The summed E-state index contributed by atoms with van der Waals surface area (Å²) in [6, 6.07) is 15.3. The lowest BCUT2D eigenvalue weighted by Gasteiger charge is -2.15. The standard InChI is InChI=1S/C23H24ClN3O5/c1-2-30-21-13-18(15-25-11-12-31-23-5-3-4-10-26-23)20(24)14-22(21)32-16-17-6-8-19(9-7-17)27(28)29/h3-10,13-14,25H,2,11-12,15-16H2,1H3. The molecule has 0 aliphatic carbocycles. The molecule has 0 aliphatic rings. The van der Waals surface area contributed by atoms with E-state index < -0.39 is 4.92 Å². The molecule has 0 amide bonds. The van der Waals surface area contributed by atoms with Crippen molar-refractivity contribution < 1.29 is 19.1 Å². The van der Waals surface area contributed by atoms with E-state index >= 15 is 0 Å². The SMILES string of the molecule is CCOc1cc(CNCCOc2ccccn2)c(Cl)cc1OCc1ccc([N+](=O)[O-])cc1. The summed E-state index contributed by atoms with van der Waals surface area (Å²) in [5, 5.41) is 14.6. The molecule has 32 heavy (non-hydrogen) atoms. The van der Waals surface area contributed by atoms with Crippen molar-refractivity contribution in [2.45, 2.75) is 20.1 Å². The number of hydrogen-bond acceptors (Lipinski definition) is 7. The van der Waals surface area contributed by atoms with Gasteiger partial charge in [-0.25, -0.2) is 4.98 Å². The maximum Gasteiger partial charge on any atom is 0.269 e. The summed E-state index contributed by atoms with van der Waals surface area (Å²) in [5.74, 6) is 1.68. The molecule has 0 radical (unpaired) electrons. The highest BCUT2D eigenvalue weighted by molar-refractivity contribution is 6.31. The van der Waals surface area contributed by atoms with Gasteiger partial charge in [0.05, 0.1) is 11.5 Å². The molecule has 0 saturated heterocycles. The number of benzene rings is 2. The molecule has 0 atom stereocenters. The summed E-state index contributed by atoms with van der Waals surface area (Å²) in [5.41, 5.74) is 1.71. The molecule has 0 fully saturated rings. The van der Waals surface area contributed by atoms with Crippen LogP contribution in [0.25, 0.3) is 0 Å². The molecule has 8 nitrogen and oxygen atoms in total. The molecule has 3 rings (SSSR count). The van der Waals surface area contributed by atoms with Crippen LogP contribution in [0.3, 0.4) is 0 Å². The van der Waals surface area contributed by atoms with Crippen LogP contribution in [-0.2, 0) is 13.2 Å². The molecular formula is C23H24ClN3O5. The number of ether oxygens (including phenoxy) is 3. The molecule has 168 valence electrons. The Balaban J connectivity index is 1.56. The number of nitrogens with zero attached hydrogens (tertiary/aromatic N) is 2. The Labute approximate surface area is 191 Å². The summed E-state index contributed by atoms with van der Waals surface area (Å²) in [4.78, 5) is 14.5. The zero-order valence-corrected chi connectivity index (χ0v) is 18.4. The molecule has 2 aromatic carbocycles.